The molecule has 1 saturated heterocycles. The predicted molar refractivity (Wildman–Crippen MR) is 66.5 cm³/mol. The van der Waals surface area contributed by atoms with Gasteiger partial charge in [0.2, 0.25) is 5.95 Å². The minimum Gasteiger partial charge on any atom is -0.396 e. The van der Waals surface area contributed by atoms with Crippen LogP contribution in [0.15, 0.2) is 12.3 Å². The van der Waals surface area contributed by atoms with Crippen molar-refractivity contribution in [3.63, 3.8) is 0 Å². The zero-order chi connectivity index (χ0) is 12.1. The first kappa shape index (κ1) is 12.1. The number of aliphatic hydroxyl groups is 1. The van der Waals surface area contributed by atoms with Gasteiger partial charge in [-0.1, -0.05) is 0 Å². The number of hydrogen-bond donors (Lipinski definition) is 3. The molecule has 0 aromatic carbocycles. The van der Waals surface area contributed by atoms with Gasteiger partial charge < -0.3 is 10.0 Å². The first-order chi connectivity index (χ1) is 8.33. The van der Waals surface area contributed by atoms with Crippen LogP contribution in [-0.4, -0.2) is 34.8 Å². The molecule has 0 radical (unpaired) electrons. The molecule has 0 aliphatic carbocycles. The Hall–Kier alpha value is -1.40. The molecule has 2 rings (SSSR count). The topological polar surface area (TPSA) is 87.3 Å². The Morgan fingerprint density at radius 3 is 3.24 bits per heavy atom. The van der Waals surface area contributed by atoms with Gasteiger partial charge in [0.15, 0.2) is 0 Å². The van der Waals surface area contributed by atoms with Crippen molar-refractivity contribution in [1.29, 1.82) is 0 Å². The first-order valence-corrected chi connectivity index (χ1v) is 5.99. The Morgan fingerprint density at radius 2 is 2.47 bits per heavy atom. The zero-order valence-corrected chi connectivity index (χ0v) is 9.84. The molecule has 1 aromatic rings. The van der Waals surface area contributed by atoms with Crippen molar-refractivity contribution in [1.82, 2.24) is 9.97 Å². The van der Waals surface area contributed by atoms with Crippen molar-refractivity contribution in [3.05, 3.63) is 12.3 Å². The molecule has 17 heavy (non-hydrogen) atoms. The molecule has 0 amide bonds. The van der Waals surface area contributed by atoms with Gasteiger partial charge in [-0.05, 0) is 31.2 Å². The van der Waals surface area contributed by atoms with Crippen LogP contribution >= 0.6 is 0 Å². The molecule has 2 heterocycles. The highest BCUT2D eigenvalue weighted by Crippen LogP contribution is 2.23. The fourth-order valence-electron chi connectivity index (χ4n) is 2.29. The molecular weight excluding hydrogens is 218 g/mol. The highest BCUT2D eigenvalue weighted by molar-refractivity contribution is 5.42. The lowest BCUT2D eigenvalue weighted by Crippen LogP contribution is -2.36. The van der Waals surface area contributed by atoms with Gasteiger partial charge in [0, 0.05) is 25.9 Å². The summed E-state index contributed by atoms with van der Waals surface area (Å²) >= 11 is 0. The fraction of sp³-hybridized carbons (Fsp3) is 0.636. The molecule has 6 nitrogen and oxygen atoms in total. The normalized spacial score (nSPS) is 20.4. The number of nitrogens with two attached hydrogens (primary N) is 1. The van der Waals surface area contributed by atoms with Crippen LogP contribution < -0.4 is 16.2 Å². The van der Waals surface area contributed by atoms with Gasteiger partial charge >= 0.3 is 0 Å². The highest BCUT2D eigenvalue weighted by atomic mass is 16.3. The maximum atomic E-state index is 8.99. The van der Waals surface area contributed by atoms with Crippen LogP contribution in [0.4, 0.5) is 11.8 Å². The summed E-state index contributed by atoms with van der Waals surface area (Å²) in [6.45, 7) is 2.21. The van der Waals surface area contributed by atoms with E-state index in [1.165, 1.54) is 6.42 Å². The quantitative estimate of drug-likeness (QED) is 0.518. The van der Waals surface area contributed by atoms with Gasteiger partial charge in [-0.2, -0.15) is 4.98 Å². The molecule has 0 bridgehead atoms. The maximum Gasteiger partial charge on any atom is 0.239 e. The Morgan fingerprint density at radius 1 is 1.59 bits per heavy atom. The predicted octanol–water partition coefficient (Wildman–Crippen LogP) is 0.361. The number of nitrogen functional groups attached to an aromatic ring is 1. The van der Waals surface area contributed by atoms with Gasteiger partial charge in [0.1, 0.15) is 5.82 Å². The summed E-state index contributed by atoms with van der Waals surface area (Å²) in [7, 11) is 0. The molecule has 1 aliphatic rings. The lowest BCUT2D eigenvalue weighted by atomic mass is 9.95. The van der Waals surface area contributed by atoms with Gasteiger partial charge in [-0.25, -0.2) is 10.8 Å². The lowest BCUT2D eigenvalue weighted by Gasteiger charge is -2.33. The van der Waals surface area contributed by atoms with Crippen LogP contribution in [0.5, 0.6) is 0 Å². The second-order valence-corrected chi connectivity index (χ2v) is 4.35. The number of rotatable bonds is 4. The first-order valence-electron chi connectivity index (χ1n) is 5.99. The van der Waals surface area contributed by atoms with E-state index in [1.54, 1.807) is 6.20 Å². The van der Waals surface area contributed by atoms with Gasteiger partial charge in [-0.3, -0.25) is 5.43 Å². The van der Waals surface area contributed by atoms with E-state index in [0.29, 0.717) is 11.9 Å². The Bertz CT molecular complexity index is 357. The van der Waals surface area contributed by atoms with Crippen molar-refractivity contribution in [2.45, 2.75) is 19.3 Å². The van der Waals surface area contributed by atoms with Crippen molar-refractivity contribution in [3.8, 4) is 0 Å². The van der Waals surface area contributed by atoms with E-state index in [0.717, 1.165) is 31.7 Å². The van der Waals surface area contributed by atoms with Crippen LogP contribution in [0.25, 0.3) is 0 Å². The summed E-state index contributed by atoms with van der Waals surface area (Å²) in [6, 6.07) is 1.89. The number of hydrogen-bond acceptors (Lipinski definition) is 6. The Balaban J connectivity index is 2.05. The molecule has 1 unspecified atom stereocenters. The van der Waals surface area contributed by atoms with Crippen LogP contribution in [0.1, 0.15) is 19.3 Å². The van der Waals surface area contributed by atoms with Gasteiger partial charge in [0.25, 0.3) is 0 Å². The zero-order valence-electron chi connectivity index (χ0n) is 9.84. The molecule has 6 heteroatoms. The molecule has 1 aromatic heterocycles. The number of anilines is 2. The summed E-state index contributed by atoms with van der Waals surface area (Å²) in [6.07, 6.45) is 4.89. The summed E-state index contributed by atoms with van der Waals surface area (Å²) in [5.41, 5.74) is 2.45. The summed E-state index contributed by atoms with van der Waals surface area (Å²) in [5.74, 6) is 7.19. The number of aliphatic hydroxyl groups excluding tert-OH is 1. The number of nitrogens with one attached hydrogen (secondary N) is 1. The van der Waals surface area contributed by atoms with Crippen molar-refractivity contribution >= 4 is 11.8 Å². The monoisotopic (exact) mass is 237 g/mol. The SMILES string of the molecule is NNc1nccc(N2CCCC(CCO)C2)n1. The van der Waals surface area contributed by atoms with Crippen LogP contribution in [0.3, 0.4) is 0 Å². The van der Waals surface area contributed by atoms with Crippen LogP contribution in [-0.2, 0) is 0 Å². The molecule has 4 N–H and O–H groups in total. The van der Waals surface area contributed by atoms with E-state index in [1.807, 2.05) is 6.07 Å². The van der Waals surface area contributed by atoms with E-state index in [-0.39, 0.29) is 6.61 Å². The summed E-state index contributed by atoms with van der Waals surface area (Å²) in [4.78, 5) is 10.5. The summed E-state index contributed by atoms with van der Waals surface area (Å²) < 4.78 is 0. The molecule has 0 saturated carbocycles. The van der Waals surface area contributed by atoms with Crippen molar-refractivity contribution < 1.29 is 5.11 Å². The molecular formula is C11H19N5O. The van der Waals surface area contributed by atoms with E-state index in [2.05, 4.69) is 20.3 Å². The van der Waals surface area contributed by atoms with Gasteiger partial charge in [0.05, 0.1) is 0 Å². The standard InChI is InChI=1S/C11H19N5O/c12-15-11-13-5-3-10(14-11)16-6-1-2-9(8-16)4-7-17/h3,5,9,17H,1-2,4,6-8,12H2,(H,13,14,15). The number of piperidine rings is 1. The summed E-state index contributed by atoms with van der Waals surface area (Å²) in [5, 5.41) is 8.99. The second kappa shape index (κ2) is 5.79. The molecule has 1 fully saturated rings. The molecule has 1 atom stereocenters. The van der Waals surface area contributed by atoms with Gasteiger partial charge in [-0.15, -0.1) is 0 Å². The van der Waals surface area contributed by atoms with Crippen LogP contribution in [0, 0.1) is 5.92 Å². The van der Waals surface area contributed by atoms with Crippen molar-refractivity contribution in [2.24, 2.45) is 11.8 Å². The lowest BCUT2D eigenvalue weighted by molar-refractivity contribution is 0.244. The maximum absolute atomic E-state index is 8.99. The minimum atomic E-state index is 0.262. The number of nitrogens with zero attached hydrogens (tertiary/aromatic N) is 3. The molecule has 0 spiro atoms. The third-order valence-electron chi connectivity index (χ3n) is 3.15. The molecule has 1 aliphatic heterocycles. The Kier molecular flexibility index (Phi) is 4.11. The minimum absolute atomic E-state index is 0.262. The van der Waals surface area contributed by atoms with Crippen molar-refractivity contribution in [2.75, 3.05) is 30.0 Å². The second-order valence-electron chi connectivity index (χ2n) is 4.35. The average molecular weight is 237 g/mol. The third kappa shape index (κ3) is 3.04. The number of hydrazine groups is 1. The van der Waals surface area contributed by atoms with Crippen LogP contribution in [0.2, 0.25) is 0 Å². The Labute approximate surface area is 101 Å². The van der Waals surface area contributed by atoms with E-state index in [9.17, 15) is 0 Å². The average Bonchev–Trinajstić information content (AvgIpc) is 2.40. The van der Waals surface area contributed by atoms with E-state index < -0.39 is 0 Å². The highest BCUT2D eigenvalue weighted by Gasteiger charge is 2.20. The molecule has 94 valence electrons. The van der Waals surface area contributed by atoms with E-state index in [4.69, 9.17) is 10.9 Å². The van der Waals surface area contributed by atoms with E-state index >= 15 is 0 Å². The number of aromatic nitrogens is 2. The smallest absolute Gasteiger partial charge is 0.239 e. The largest absolute Gasteiger partial charge is 0.396 e. The fourth-order valence-corrected chi connectivity index (χ4v) is 2.29. The third-order valence-corrected chi connectivity index (χ3v) is 3.15.